The van der Waals surface area contributed by atoms with Crippen molar-refractivity contribution in [3.05, 3.63) is 17.8 Å². The first-order chi connectivity index (χ1) is 11.3. The molecule has 2 aliphatic heterocycles. The summed E-state index contributed by atoms with van der Waals surface area (Å²) in [6, 6.07) is 4.40. The molecule has 1 aromatic heterocycles. The maximum atomic E-state index is 12.6. The number of hydrogen-bond acceptors (Lipinski definition) is 4. The molecule has 0 aromatic carbocycles. The van der Waals surface area contributed by atoms with Gasteiger partial charge in [0.1, 0.15) is 0 Å². The molecule has 5 heteroatoms. The topological polar surface area (TPSA) is 49.3 Å². The van der Waals surface area contributed by atoms with E-state index in [0.717, 1.165) is 44.7 Å². The highest BCUT2D eigenvalue weighted by molar-refractivity contribution is 5.92. The van der Waals surface area contributed by atoms with Crippen molar-refractivity contribution in [2.24, 2.45) is 0 Å². The minimum Gasteiger partial charge on any atom is -0.352 e. The second-order valence-corrected chi connectivity index (χ2v) is 6.73. The number of anilines is 1. The highest BCUT2D eigenvalue weighted by Gasteiger charge is 2.23. The second kappa shape index (κ2) is 7.75. The van der Waals surface area contributed by atoms with Gasteiger partial charge in [-0.3, -0.25) is 4.79 Å². The van der Waals surface area contributed by atoms with Gasteiger partial charge in [0.15, 0.2) is 11.5 Å². The van der Waals surface area contributed by atoms with E-state index in [2.05, 4.69) is 22.0 Å². The van der Waals surface area contributed by atoms with E-state index in [-0.39, 0.29) is 5.91 Å². The van der Waals surface area contributed by atoms with Crippen LogP contribution < -0.4 is 4.90 Å². The Kier molecular flexibility index (Phi) is 5.47. The predicted molar refractivity (Wildman–Crippen MR) is 91.7 cm³/mol. The molecule has 2 aliphatic rings. The monoisotopic (exact) mass is 316 g/mol. The molecule has 23 heavy (non-hydrogen) atoms. The van der Waals surface area contributed by atoms with Crippen LogP contribution in [0.1, 0.15) is 68.8 Å². The van der Waals surface area contributed by atoms with Gasteiger partial charge in [0.05, 0.1) is 0 Å². The van der Waals surface area contributed by atoms with E-state index in [1.165, 1.54) is 32.1 Å². The Hall–Kier alpha value is -1.65. The average Bonchev–Trinajstić information content (AvgIpc) is 2.90. The molecule has 0 spiro atoms. The summed E-state index contributed by atoms with van der Waals surface area (Å²) in [6.07, 6.45) is 9.53. The Balaban J connectivity index is 1.69. The van der Waals surface area contributed by atoms with Gasteiger partial charge in [0.2, 0.25) is 0 Å². The Morgan fingerprint density at radius 2 is 1.78 bits per heavy atom. The highest BCUT2D eigenvalue weighted by Crippen LogP contribution is 2.24. The quantitative estimate of drug-likeness (QED) is 0.859. The van der Waals surface area contributed by atoms with E-state index in [1.54, 1.807) is 0 Å². The number of hydrogen-bond donors (Lipinski definition) is 0. The third-order valence-corrected chi connectivity index (χ3v) is 5.16. The maximum Gasteiger partial charge on any atom is 0.274 e. The number of piperidine rings is 1. The van der Waals surface area contributed by atoms with Gasteiger partial charge in [-0.05, 0) is 50.7 Å². The fourth-order valence-corrected chi connectivity index (χ4v) is 3.75. The van der Waals surface area contributed by atoms with Crippen molar-refractivity contribution in [3.63, 3.8) is 0 Å². The second-order valence-electron chi connectivity index (χ2n) is 6.73. The van der Waals surface area contributed by atoms with Crippen LogP contribution in [0.5, 0.6) is 0 Å². The summed E-state index contributed by atoms with van der Waals surface area (Å²) in [5.74, 6) is 0.959. The summed E-state index contributed by atoms with van der Waals surface area (Å²) in [7, 11) is 0. The third kappa shape index (κ3) is 3.82. The van der Waals surface area contributed by atoms with Gasteiger partial charge >= 0.3 is 0 Å². The molecule has 5 nitrogen and oxygen atoms in total. The summed E-state index contributed by atoms with van der Waals surface area (Å²) in [5.41, 5.74) is 0.487. The van der Waals surface area contributed by atoms with Crippen LogP contribution in [-0.4, -0.2) is 46.7 Å². The third-order valence-electron chi connectivity index (χ3n) is 5.16. The Morgan fingerprint density at radius 1 is 1.04 bits per heavy atom. The first kappa shape index (κ1) is 16.2. The van der Waals surface area contributed by atoms with Gasteiger partial charge < -0.3 is 9.80 Å². The zero-order chi connectivity index (χ0) is 16.1. The summed E-state index contributed by atoms with van der Waals surface area (Å²) in [6.45, 7) is 4.98. The molecule has 0 radical (unpaired) electrons. The first-order valence-corrected chi connectivity index (χ1v) is 9.19. The minimum atomic E-state index is 0.0386. The van der Waals surface area contributed by atoms with E-state index >= 15 is 0 Å². The van der Waals surface area contributed by atoms with Crippen LogP contribution in [0.2, 0.25) is 0 Å². The standard InChI is InChI=1S/C18H28N4O/c1-2-15-9-5-8-14-22(15)17-11-10-16(19-20-17)18(23)21-12-6-3-4-7-13-21/h10-11,15H,2-9,12-14H2,1H3. The Morgan fingerprint density at radius 3 is 2.43 bits per heavy atom. The van der Waals surface area contributed by atoms with Crippen LogP contribution in [0.25, 0.3) is 0 Å². The van der Waals surface area contributed by atoms with Crippen LogP contribution in [-0.2, 0) is 0 Å². The molecule has 3 heterocycles. The minimum absolute atomic E-state index is 0.0386. The fourth-order valence-electron chi connectivity index (χ4n) is 3.75. The predicted octanol–water partition coefficient (Wildman–Crippen LogP) is 3.26. The molecule has 126 valence electrons. The Labute approximate surface area is 139 Å². The highest BCUT2D eigenvalue weighted by atomic mass is 16.2. The maximum absolute atomic E-state index is 12.6. The van der Waals surface area contributed by atoms with Crippen LogP contribution in [0.15, 0.2) is 12.1 Å². The molecular weight excluding hydrogens is 288 g/mol. The largest absolute Gasteiger partial charge is 0.352 e. The zero-order valence-electron chi connectivity index (χ0n) is 14.2. The molecule has 1 aromatic rings. The summed E-state index contributed by atoms with van der Waals surface area (Å²) in [4.78, 5) is 16.9. The molecule has 1 amide bonds. The first-order valence-electron chi connectivity index (χ1n) is 9.19. The summed E-state index contributed by atoms with van der Waals surface area (Å²) >= 11 is 0. The van der Waals surface area contributed by atoms with Gasteiger partial charge in [-0.25, -0.2) is 0 Å². The van der Waals surface area contributed by atoms with Crippen molar-refractivity contribution in [2.45, 2.75) is 64.3 Å². The lowest BCUT2D eigenvalue weighted by Gasteiger charge is -2.35. The average molecular weight is 316 g/mol. The summed E-state index contributed by atoms with van der Waals surface area (Å²) < 4.78 is 0. The number of aromatic nitrogens is 2. The molecule has 3 rings (SSSR count). The van der Waals surface area contributed by atoms with Gasteiger partial charge in [0, 0.05) is 25.7 Å². The fraction of sp³-hybridized carbons (Fsp3) is 0.722. The summed E-state index contributed by atoms with van der Waals surface area (Å²) in [5, 5.41) is 8.61. The van der Waals surface area contributed by atoms with Gasteiger partial charge in [0.25, 0.3) is 5.91 Å². The number of carbonyl (C=O) groups excluding carboxylic acids is 1. The van der Waals surface area contributed by atoms with Crippen LogP contribution >= 0.6 is 0 Å². The molecule has 2 saturated heterocycles. The van der Waals surface area contributed by atoms with Gasteiger partial charge in [-0.2, -0.15) is 0 Å². The van der Waals surface area contributed by atoms with Gasteiger partial charge in [-0.15, -0.1) is 10.2 Å². The number of likely N-dealkylation sites (tertiary alicyclic amines) is 1. The molecule has 2 fully saturated rings. The van der Waals surface area contributed by atoms with Gasteiger partial charge in [-0.1, -0.05) is 19.8 Å². The Bertz CT molecular complexity index is 508. The molecule has 0 saturated carbocycles. The van der Waals surface area contributed by atoms with Crippen molar-refractivity contribution in [1.82, 2.24) is 15.1 Å². The van der Waals surface area contributed by atoms with Crippen LogP contribution in [0, 0.1) is 0 Å². The van der Waals surface area contributed by atoms with Crippen molar-refractivity contribution >= 4 is 11.7 Å². The lowest BCUT2D eigenvalue weighted by atomic mass is 10.0. The number of carbonyl (C=O) groups is 1. The molecule has 0 aliphatic carbocycles. The van der Waals surface area contributed by atoms with E-state index < -0.39 is 0 Å². The zero-order valence-corrected chi connectivity index (χ0v) is 14.2. The lowest BCUT2D eigenvalue weighted by Crippen LogP contribution is -2.40. The molecule has 0 bridgehead atoms. The number of rotatable bonds is 3. The van der Waals surface area contributed by atoms with E-state index in [9.17, 15) is 4.79 Å². The van der Waals surface area contributed by atoms with Crippen molar-refractivity contribution < 1.29 is 4.79 Å². The van der Waals surface area contributed by atoms with Crippen molar-refractivity contribution in [1.29, 1.82) is 0 Å². The SMILES string of the molecule is CCC1CCCCN1c1ccc(C(=O)N2CCCCCC2)nn1. The number of amides is 1. The van der Waals surface area contributed by atoms with Crippen LogP contribution in [0.3, 0.4) is 0 Å². The molecular formula is C18H28N4O. The molecule has 1 unspecified atom stereocenters. The van der Waals surface area contributed by atoms with E-state index in [0.29, 0.717) is 11.7 Å². The van der Waals surface area contributed by atoms with E-state index in [4.69, 9.17) is 0 Å². The number of nitrogens with zero attached hydrogens (tertiary/aromatic N) is 4. The smallest absolute Gasteiger partial charge is 0.274 e. The van der Waals surface area contributed by atoms with Crippen molar-refractivity contribution in [3.8, 4) is 0 Å². The normalized spacial score (nSPS) is 22.7. The van der Waals surface area contributed by atoms with Crippen molar-refractivity contribution in [2.75, 3.05) is 24.5 Å². The molecule has 1 atom stereocenters. The lowest BCUT2D eigenvalue weighted by molar-refractivity contribution is 0.0754. The van der Waals surface area contributed by atoms with E-state index in [1.807, 2.05) is 17.0 Å². The molecule has 0 N–H and O–H groups in total. The van der Waals surface area contributed by atoms with Crippen LogP contribution in [0.4, 0.5) is 5.82 Å².